The molecule has 0 spiro atoms. The van der Waals surface area contributed by atoms with Gasteiger partial charge >= 0.3 is 0 Å². The summed E-state index contributed by atoms with van der Waals surface area (Å²) in [5.74, 6) is 2.75. The molecule has 0 aromatic heterocycles. The van der Waals surface area contributed by atoms with Gasteiger partial charge in [-0.1, -0.05) is 58.6 Å². The highest BCUT2D eigenvalue weighted by Gasteiger charge is 2.43. The summed E-state index contributed by atoms with van der Waals surface area (Å²) >= 11 is 0. The quantitative estimate of drug-likeness (QED) is 0.394. The molecule has 2 rings (SSSR count). The molecule has 0 nitrogen and oxygen atoms in total. The lowest BCUT2D eigenvalue weighted by Crippen LogP contribution is -2.40. The molecule has 2 aliphatic rings. The average molecular weight is 277 g/mol. The Labute approximate surface area is 127 Å². The zero-order valence-corrected chi connectivity index (χ0v) is 14.4. The Bertz CT molecular complexity index is 310. The lowest BCUT2D eigenvalue weighted by atomic mass is 9.56. The first kappa shape index (κ1) is 17.5. The summed E-state index contributed by atoms with van der Waals surface area (Å²) in [4.78, 5) is 0. The van der Waals surface area contributed by atoms with Crippen molar-refractivity contribution in [2.75, 3.05) is 0 Å². The molecule has 0 heteroatoms. The van der Waals surface area contributed by atoms with Crippen LogP contribution in [-0.2, 0) is 0 Å². The zero-order valence-electron chi connectivity index (χ0n) is 14.4. The van der Waals surface area contributed by atoms with Crippen LogP contribution in [-0.4, -0.2) is 0 Å². The summed E-state index contributed by atoms with van der Waals surface area (Å²) in [5.41, 5.74) is 2.43. The van der Waals surface area contributed by atoms with Crippen LogP contribution in [0.15, 0.2) is 24.8 Å². The second-order valence-electron chi connectivity index (χ2n) is 7.42. The van der Waals surface area contributed by atoms with Crippen molar-refractivity contribution in [3.05, 3.63) is 24.8 Å². The van der Waals surface area contributed by atoms with Crippen molar-refractivity contribution in [3.8, 4) is 0 Å². The number of rotatable bonds is 3. The summed E-state index contributed by atoms with van der Waals surface area (Å²) in [6.07, 6.45) is 13.9. The molecular formula is C20H36. The van der Waals surface area contributed by atoms with Gasteiger partial charge in [-0.15, -0.1) is 13.2 Å². The van der Waals surface area contributed by atoms with Gasteiger partial charge in [-0.3, -0.25) is 0 Å². The monoisotopic (exact) mass is 276 g/mol. The molecule has 3 unspecified atom stereocenters. The minimum Gasteiger partial charge on any atom is -0.106 e. The van der Waals surface area contributed by atoms with E-state index in [1.165, 1.54) is 51.4 Å². The lowest BCUT2D eigenvalue weighted by molar-refractivity contribution is 0.0577. The Kier molecular flexibility index (Phi) is 7.06. The molecule has 116 valence electrons. The first-order valence-electron chi connectivity index (χ1n) is 8.76. The van der Waals surface area contributed by atoms with Gasteiger partial charge in [-0.05, 0) is 55.3 Å². The molecular weight excluding hydrogens is 240 g/mol. The molecule has 0 aromatic carbocycles. The van der Waals surface area contributed by atoms with Crippen LogP contribution in [0.2, 0.25) is 0 Å². The number of hydrogen-bond donors (Lipinski definition) is 0. The zero-order chi connectivity index (χ0) is 15.2. The highest BCUT2D eigenvalue weighted by molar-refractivity contribution is 5.17. The van der Waals surface area contributed by atoms with Crippen LogP contribution in [0.25, 0.3) is 0 Å². The Balaban J connectivity index is 0.000000956. The second-order valence-corrected chi connectivity index (χ2v) is 7.42. The van der Waals surface area contributed by atoms with E-state index in [-0.39, 0.29) is 0 Å². The molecule has 2 aliphatic carbocycles. The molecule has 0 aromatic rings. The van der Waals surface area contributed by atoms with E-state index in [4.69, 9.17) is 0 Å². The molecule has 3 atom stereocenters. The van der Waals surface area contributed by atoms with E-state index in [9.17, 15) is 0 Å². The van der Waals surface area contributed by atoms with Crippen molar-refractivity contribution in [3.63, 3.8) is 0 Å². The summed E-state index contributed by atoms with van der Waals surface area (Å²) in [6, 6.07) is 0. The van der Waals surface area contributed by atoms with Gasteiger partial charge in [0, 0.05) is 0 Å². The molecule has 2 saturated carbocycles. The van der Waals surface area contributed by atoms with Crippen LogP contribution in [0.5, 0.6) is 0 Å². The van der Waals surface area contributed by atoms with Crippen molar-refractivity contribution >= 4 is 0 Å². The van der Waals surface area contributed by atoms with Crippen LogP contribution in [0, 0.1) is 23.2 Å². The molecule has 0 radical (unpaired) electrons. The van der Waals surface area contributed by atoms with Gasteiger partial charge in [-0.25, -0.2) is 0 Å². The van der Waals surface area contributed by atoms with E-state index in [1.807, 2.05) is 5.57 Å². The molecule has 0 heterocycles. The van der Waals surface area contributed by atoms with E-state index in [1.54, 1.807) is 0 Å². The highest BCUT2D eigenvalue weighted by Crippen LogP contribution is 2.53. The molecule has 0 amide bonds. The molecule has 20 heavy (non-hydrogen) atoms. The normalized spacial score (nSPS) is 34.0. The Morgan fingerprint density at radius 1 is 1.20 bits per heavy atom. The lowest BCUT2D eigenvalue weighted by Gasteiger charge is -2.49. The van der Waals surface area contributed by atoms with Gasteiger partial charge in [0.1, 0.15) is 0 Å². The van der Waals surface area contributed by atoms with Crippen LogP contribution in [0.1, 0.15) is 79.1 Å². The first-order chi connectivity index (χ1) is 9.56. The Hall–Kier alpha value is -0.520. The summed E-state index contributed by atoms with van der Waals surface area (Å²) < 4.78 is 0. The predicted molar refractivity (Wildman–Crippen MR) is 91.9 cm³/mol. The van der Waals surface area contributed by atoms with Gasteiger partial charge < -0.3 is 0 Å². The van der Waals surface area contributed by atoms with Crippen molar-refractivity contribution in [1.82, 2.24) is 0 Å². The number of unbranched alkanes of at least 4 members (excludes halogenated alkanes) is 2. The summed E-state index contributed by atoms with van der Waals surface area (Å²) in [5, 5.41) is 0. The third-order valence-electron chi connectivity index (χ3n) is 5.67. The topological polar surface area (TPSA) is 0 Å². The maximum Gasteiger partial charge on any atom is -0.0167 e. The maximum atomic E-state index is 3.00. The van der Waals surface area contributed by atoms with E-state index < -0.39 is 0 Å². The van der Waals surface area contributed by atoms with E-state index in [0.29, 0.717) is 5.41 Å². The molecule has 0 saturated heterocycles. The van der Waals surface area contributed by atoms with Crippen molar-refractivity contribution < 1.29 is 0 Å². The van der Waals surface area contributed by atoms with E-state index >= 15 is 0 Å². The number of hydrogen-bond acceptors (Lipinski definition) is 0. The van der Waals surface area contributed by atoms with E-state index in [2.05, 4.69) is 46.9 Å². The first-order valence-corrected chi connectivity index (χ1v) is 8.76. The van der Waals surface area contributed by atoms with E-state index in [0.717, 1.165) is 17.8 Å². The van der Waals surface area contributed by atoms with Gasteiger partial charge in [0.05, 0.1) is 0 Å². The van der Waals surface area contributed by atoms with Crippen LogP contribution in [0.4, 0.5) is 0 Å². The second kappa shape index (κ2) is 8.05. The minimum absolute atomic E-state index is 0.590. The molecule has 2 fully saturated rings. The third kappa shape index (κ3) is 3.99. The number of fused-ring (bicyclic) bond motifs is 1. The van der Waals surface area contributed by atoms with Crippen molar-refractivity contribution in [2.24, 2.45) is 23.2 Å². The fourth-order valence-corrected chi connectivity index (χ4v) is 4.49. The third-order valence-corrected chi connectivity index (χ3v) is 5.67. The molecule has 0 aliphatic heterocycles. The fraction of sp³-hybridized carbons (Fsp3) is 0.800. The largest absolute Gasteiger partial charge is 0.106 e. The Morgan fingerprint density at radius 3 is 2.55 bits per heavy atom. The average Bonchev–Trinajstić information content (AvgIpc) is 2.43. The SMILES string of the molecule is C=C.CCCC/C=C1\C(C)CCC2C1CCCC2(C)C. The Morgan fingerprint density at radius 2 is 1.90 bits per heavy atom. The molecule has 0 N–H and O–H groups in total. The maximum absolute atomic E-state index is 3.00. The summed E-state index contributed by atoms with van der Waals surface area (Å²) in [7, 11) is 0. The van der Waals surface area contributed by atoms with Crippen molar-refractivity contribution in [2.45, 2.75) is 79.1 Å². The van der Waals surface area contributed by atoms with Gasteiger partial charge in [0.15, 0.2) is 0 Å². The number of allylic oxidation sites excluding steroid dienone is 2. The minimum atomic E-state index is 0.590. The summed E-state index contributed by atoms with van der Waals surface area (Å²) in [6.45, 7) is 15.8. The van der Waals surface area contributed by atoms with Crippen LogP contribution < -0.4 is 0 Å². The predicted octanol–water partition coefficient (Wildman–Crippen LogP) is 6.78. The highest BCUT2D eigenvalue weighted by atomic mass is 14.5. The van der Waals surface area contributed by atoms with Crippen molar-refractivity contribution in [1.29, 1.82) is 0 Å². The van der Waals surface area contributed by atoms with Gasteiger partial charge in [0.2, 0.25) is 0 Å². The van der Waals surface area contributed by atoms with Crippen LogP contribution in [0.3, 0.4) is 0 Å². The van der Waals surface area contributed by atoms with Gasteiger partial charge in [0.25, 0.3) is 0 Å². The molecule has 0 bridgehead atoms. The van der Waals surface area contributed by atoms with Gasteiger partial charge in [-0.2, -0.15) is 0 Å². The smallest absolute Gasteiger partial charge is 0.0167 e. The fourth-order valence-electron chi connectivity index (χ4n) is 4.49. The van der Waals surface area contributed by atoms with Crippen LogP contribution >= 0.6 is 0 Å². The standard InChI is InChI=1S/C18H32.C2H4/c1-5-6-7-9-15-14(2)11-12-17-16(15)10-8-13-18(17,3)4;1-2/h9,14,16-17H,5-8,10-13H2,1-4H3;1-2H2/b15-9+;.